The van der Waals surface area contributed by atoms with Crippen LogP contribution < -0.4 is 11.1 Å². The molecule has 3 aromatic heterocycles. The summed E-state index contributed by atoms with van der Waals surface area (Å²) in [6.07, 6.45) is 2.78. The number of nitrogens with one attached hydrogen (secondary N) is 3. The number of carbonyl (C=O) groups excluding carboxylic acids is 2. The van der Waals surface area contributed by atoms with Gasteiger partial charge in [-0.2, -0.15) is 0 Å². The number of allylic oxidation sites excluding steroid dienone is 4. The first-order valence-corrected chi connectivity index (χ1v) is 17.5. The van der Waals surface area contributed by atoms with Gasteiger partial charge in [-0.05, 0) is 104 Å². The highest BCUT2D eigenvalue weighted by molar-refractivity contribution is 6.14. The smallest absolute Gasteiger partial charge is 0.220 e. The molecule has 0 aromatic carbocycles. The Morgan fingerprint density at radius 1 is 0.837 bits per heavy atom. The topological polar surface area (TPSA) is 148 Å². The molecule has 10 heteroatoms. The molecule has 3 aliphatic rings. The lowest BCUT2D eigenvalue weighted by Crippen LogP contribution is -2.27. The number of aromatic nitrogens is 4. The fourth-order valence-electron chi connectivity index (χ4n) is 7.31. The first-order chi connectivity index (χ1) is 23.7. The zero-order valence-electron chi connectivity index (χ0n) is 29.6. The summed E-state index contributed by atoms with van der Waals surface area (Å²) in [5.41, 5.74) is 22.0. The molecule has 2 aliphatic heterocycles. The second-order valence-electron chi connectivity index (χ2n) is 13.0. The van der Waals surface area contributed by atoms with Crippen molar-refractivity contribution in [3.8, 4) is 0 Å². The van der Waals surface area contributed by atoms with Crippen molar-refractivity contribution in [2.75, 3.05) is 39.5 Å². The molecule has 10 nitrogen and oxygen atoms in total. The third-order valence-electron chi connectivity index (χ3n) is 10.0. The number of hydrogen-bond donors (Lipinski definition) is 4. The monoisotopic (exact) mass is 664 g/mol. The number of carbonyl (C=O) groups is 2. The number of hydrogen-bond acceptors (Lipinski definition) is 7. The van der Waals surface area contributed by atoms with E-state index in [0.29, 0.717) is 52.4 Å². The zero-order valence-corrected chi connectivity index (χ0v) is 29.6. The average molecular weight is 665 g/mol. The van der Waals surface area contributed by atoms with E-state index < -0.39 is 0 Å². The van der Waals surface area contributed by atoms with Gasteiger partial charge in [-0.15, -0.1) is 0 Å². The minimum absolute atomic E-state index is 0.0596. The van der Waals surface area contributed by atoms with E-state index in [1.165, 1.54) is 22.3 Å². The number of nitrogens with two attached hydrogens (primary N) is 1. The van der Waals surface area contributed by atoms with Gasteiger partial charge >= 0.3 is 0 Å². The fourth-order valence-corrected chi connectivity index (χ4v) is 7.31. The van der Waals surface area contributed by atoms with Crippen molar-refractivity contribution in [1.29, 1.82) is 0 Å². The molecule has 49 heavy (non-hydrogen) atoms. The lowest BCUT2D eigenvalue weighted by molar-refractivity contribution is -0.121. The number of fused-ring (bicyclic) bond motifs is 8. The van der Waals surface area contributed by atoms with Crippen LogP contribution in [0.15, 0.2) is 18.2 Å². The minimum atomic E-state index is -0.0596. The Morgan fingerprint density at radius 3 is 2.24 bits per heavy atom. The van der Waals surface area contributed by atoms with Gasteiger partial charge in [0.15, 0.2) is 5.78 Å². The number of ether oxygens (including phenoxy) is 2. The van der Waals surface area contributed by atoms with Gasteiger partial charge in [0.2, 0.25) is 5.91 Å². The van der Waals surface area contributed by atoms with Crippen LogP contribution in [-0.2, 0) is 27.1 Å². The number of ketones is 1. The standard InChI is InChI=1S/C39H48N6O4/c1-7-25-21(3)29-18-31-23(5)27(9-10-36(47)41-12-14-49-16-15-48-13-11-40)38(44-31)28-17-35(46)37-24(6)32(45-39(28)37)20-34-26(8-2)22(4)30(43-34)19-33(25)42-29/h18-20,42,45H,7-17,40H2,1-6H3,(H,41,47). The van der Waals surface area contributed by atoms with Crippen molar-refractivity contribution < 1.29 is 19.1 Å². The Labute approximate surface area is 287 Å². The van der Waals surface area contributed by atoms with Crippen LogP contribution in [0.2, 0.25) is 0 Å². The summed E-state index contributed by atoms with van der Waals surface area (Å²) in [7, 11) is 0. The van der Waals surface area contributed by atoms with Crippen LogP contribution in [-0.4, -0.2) is 71.1 Å². The van der Waals surface area contributed by atoms with Crippen molar-refractivity contribution >= 4 is 56.0 Å². The maximum absolute atomic E-state index is 13.6. The van der Waals surface area contributed by atoms with E-state index in [-0.39, 0.29) is 18.1 Å². The van der Waals surface area contributed by atoms with Crippen LogP contribution in [0.3, 0.4) is 0 Å². The van der Waals surface area contributed by atoms with Crippen molar-refractivity contribution in [3.05, 3.63) is 68.8 Å². The lowest BCUT2D eigenvalue weighted by atomic mass is 9.98. The summed E-state index contributed by atoms with van der Waals surface area (Å²) in [4.78, 5) is 44.2. The maximum atomic E-state index is 13.6. The van der Waals surface area contributed by atoms with Crippen molar-refractivity contribution in [2.24, 2.45) is 5.73 Å². The molecule has 6 rings (SSSR count). The van der Waals surface area contributed by atoms with Gasteiger partial charge in [0, 0.05) is 53.6 Å². The Balaban J connectivity index is 1.43. The van der Waals surface area contributed by atoms with Gasteiger partial charge in [0.05, 0.1) is 54.7 Å². The van der Waals surface area contributed by atoms with Crippen LogP contribution in [0.1, 0.15) is 102 Å². The zero-order chi connectivity index (χ0) is 34.8. The SMILES string of the molecule is CCC1=C(C)c2cc3[nH]c(cc4nc(c5c6[nH]c(cc1n2)c(C)c6C(=O)C5)C(CCC(=O)NCCOCCOCCN)=C4C)c(C)c3CC. The Hall–Kier alpha value is -4.38. The molecule has 5 N–H and O–H groups in total. The Kier molecular flexibility index (Phi) is 10.3. The summed E-state index contributed by atoms with van der Waals surface area (Å²) >= 11 is 0. The van der Waals surface area contributed by atoms with Crippen LogP contribution in [0.4, 0.5) is 0 Å². The molecule has 0 unspecified atom stereocenters. The molecule has 3 aromatic rings. The normalized spacial score (nSPS) is 14.1. The lowest BCUT2D eigenvalue weighted by Gasteiger charge is -2.09. The average Bonchev–Trinajstić information content (AvgIpc) is 3.83. The molecule has 0 saturated carbocycles. The number of Topliss-reactive ketones (excluding diaryl/α,β-unsaturated/α-hetero) is 1. The van der Waals surface area contributed by atoms with E-state index in [1.807, 2.05) is 6.92 Å². The van der Waals surface area contributed by atoms with Crippen LogP contribution in [0.25, 0.3) is 44.4 Å². The third-order valence-corrected chi connectivity index (χ3v) is 10.0. The third kappa shape index (κ3) is 6.65. The van der Waals surface area contributed by atoms with E-state index in [2.05, 4.69) is 68.1 Å². The molecule has 258 valence electrons. The molecular weight excluding hydrogens is 616 g/mol. The second-order valence-corrected chi connectivity index (χ2v) is 13.0. The molecule has 0 radical (unpaired) electrons. The second kappa shape index (κ2) is 14.6. The number of aromatic amines is 2. The van der Waals surface area contributed by atoms with Crippen LogP contribution in [0.5, 0.6) is 0 Å². The van der Waals surface area contributed by atoms with E-state index in [4.69, 9.17) is 25.2 Å². The summed E-state index contributed by atoms with van der Waals surface area (Å²) in [6, 6.07) is 6.37. The number of nitrogens with zero attached hydrogens (tertiary/aromatic N) is 2. The van der Waals surface area contributed by atoms with Crippen molar-refractivity contribution in [3.63, 3.8) is 0 Å². The predicted molar refractivity (Wildman–Crippen MR) is 196 cm³/mol. The molecule has 5 heterocycles. The first kappa shape index (κ1) is 34.5. The predicted octanol–water partition coefficient (Wildman–Crippen LogP) is 6.39. The summed E-state index contributed by atoms with van der Waals surface area (Å²) < 4.78 is 10.9. The van der Waals surface area contributed by atoms with Crippen molar-refractivity contribution in [1.82, 2.24) is 25.3 Å². The van der Waals surface area contributed by atoms with Gasteiger partial charge in [-0.3, -0.25) is 9.59 Å². The summed E-state index contributed by atoms with van der Waals surface area (Å²) in [5.74, 6) is 0.0206. The van der Waals surface area contributed by atoms with Crippen LogP contribution in [0, 0.1) is 13.8 Å². The van der Waals surface area contributed by atoms with E-state index >= 15 is 0 Å². The summed E-state index contributed by atoms with van der Waals surface area (Å²) in [5, 5.41) is 2.97. The van der Waals surface area contributed by atoms with E-state index in [1.54, 1.807) is 0 Å². The maximum Gasteiger partial charge on any atom is 0.220 e. The fraction of sp³-hybridized carbons (Fsp3) is 0.436. The largest absolute Gasteiger partial charge is 0.378 e. The highest BCUT2D eigenvalue weighted by Crippen LogP contribution is 2.41. The van der Waals surface area contributed by atoms with Crippen LogP contribution >= 0.6 is 0 Å². The minimum Gasteiger partial charge on any atom is -0.378 e. The number of H-pyrrole nitrogens is 2. The highest BCUT2D eigenvalue weighted by atomic mass is 16.5. The quantitative estimate of drug-likeness (QED) is 0.155. The van der Waals surface area contributed by atoms with Gasteiger partial charge in [0.25, 0.3) is 0 Å². The first-order valence-electron chi connectivity index (χ1n) is 17.5. The molecule has 0 saturated heterocycles. The molecule has 1 aliphatic carbocycles. The summed E-state index contributed by atoms with van der Waals surface area (Å²) in [6.45, 7) is 15.4. The number of aryl methyl sites for hydroxylation is 3. The van der Waals surface area contributed by atoms with E-state index in [0.717, 1.165) is 85.5 Å². The molecule has 1 amide bonds. The van der Waals surface area contributed by atoms with Gasteiger partial charge in [0.1, 0.15) is 0 Å². The Morgan fingerprint density at radius 2 is 1.51 bits per heavy atom. The van der Waals surface area contributed by atoms with E-state index in [9.17, 15) is 9.59 Å². The highest BCUT2D eigenvalue weighted by Gasteiger charge is 2.31. The Bertz CT molecular complexity index is 2050. The number of rotatable bonds is 13. The molecule has 0 spiro atoms. The molecular formula is C39H48N6O4. The van der Waals surface area contributed by atoms with Crippen molar-refractivity contribution in [2.45, 2.75) is 73.6 Å². The van der Waals surface area contributed by atoms with Gasteiger partial charge < -0.3 is 30.5 Å². The molecule has 0 atom stereocenters. The molecule has 0 fully saturated rings. The van der Waals surface area contributed by atoms with Gasteiger partial charge in [-0.1, -0.05) is 13.8 Å². The van der Waals surface area contributed by atoms with Gasteiger partial charge in [-0.25, -0.2) is 9.97 Å². The molecule has 8 bridgehead atoms. The number of amides is 1.